The van der Waals surface area contributed by atoms with E-state index in [4.69, 9.17) is 11.5 Å². The third kappa shape index (κ3) is 36.0. The highest BCUT2D eigenvalue weighted by Crippen LogP contribution is 2.15. The number of primary amides is 2. The fourth-order valence-corrected chi connectivity index (χ4v) is 6.67. The average Bonchev–Trinajstić information content (AvgIpc) is 4.05. The molecule has 0 bridgehead atoms. The smallest absolute Gasteiger partial charge is 0.243 e. The molecular weight excluding hydrogens is 1030 g/mol. The van der Waals surface area contributed by atoms with Gasteiger partial charge in [0.2, 0.25) is 59.1 Å². The molecule has 10 amide bonds. The zero-order valence-corrected chi connectivity index (χ0v) is 48.6. The molecule has 2 aromatic carbocycles. The van der Waals surface area contributed by atoms with Crippen LogP contribution in [0.15, 0.2) is 73.3 Å². The number of carbonyl (C=O) groups is 10. The fourth-order valence-electron chi connectivity index (χ4n) is 6.67. The van der Waals surface area contributed by atoms with Crippen LogP contribution in [-0.2, 0) is 54.4 Å². The minimum absolute atomic E-state index is 0.0425. The minimum Gasteiger partial charge on any atom is -0.370 e. The first-order valence-electron chi connectivity index (χ1n) is 26.8. The van der Waals surface area contributed by atoms with E-state index < -0.39 is 103 Å². The van der Waals surface area contributed by atoms with Crippen molar-refractivity contribution in [3.63, 3.8) is 0 Å². The summed E-state index contributed by atoms with van der Waals surface area (Å²) in [5.41, 5.74) is 14.8. The van der Waals surface area contributed by atoms with Crippen molar-refractivity contribution in [1.29, 1.82) is 0 Å². The molecule has 0 fully saturated rings. The maximum absolute atomic E-state index is 13.0. The summed E-state index contributed by atoms with van der Waals surface area (Å²) in [5.74, 6) is -5.51. The number of hydrogen-bond acceptors (Lipinski definition) is 12. The minimum atomic E-state index is -1.20. The largest absolute Gasteiger partial charge is 0.370 e. The number of H-pyrrole nitrogens is 2. The molecule has 24 nitrogen and oxygen atoms in total. The van der Waals surface area contributed by atoms with Crippen LogP contribution < -0.4 is 59.3 Å². The average molecular weight is 1120 g/mol. The van der Waals surface area contributed by atoms with Gasteiger partial charge in [0.15, 0.2) is 0 Å². The Hall–Kier alpha value is -8.15. The molecule has 0 saturated heterocycles. The van der Waals surface area contributed by atoms with E-state index in [2.05, 4.69) is 123 Å². The Morgan fingerprint density at radius 3 is 1.64 bits per heavy atom. The number of nitrogens with two attached hydrogens (primary N) is 2. The second kappa shape index (κ2) is 41.9. The topological polar surface area (TPSA) is 375 Å². The van der Waals surface area contributed by atoms with E-state index in [0.29, 0.717) is 12.8 Å². The van der Waals surface area contributed by atoms with E-state index in [0.717, 1.165) is 17.2 Å². The van der Waals surface area contributed by atoms with Crippen molar-refractivity contribution < 1.29 is 47.9 Å². The summed E-state index contributed by atoms with van der Waals surface area (Å²) in [5, 5.41) is 23.6. The number of nitrogens with one attached hydrogen (secondary N) is 11. The van der Waals surface area contributed by atoms with Crippen LogP contribution in [0.1, 0.15) is 111 Å². The van der Waals surface area contributed by atoms with Gasteiger partial charge in [-0.25, -0.2) is 4.98 Å². The number of aromatic nitrogens is 3. The van der Waals surface area contributed by atoms with Gasteiger partial charge in [-0.3, -0.25) is 47.9 Å². The van der Waals surface area contributed by atoms with Crippen LogP contribution in [-0.4, -0.2) is 138 Å². The molecule has 4 unspecified atom stereocenters. The second-order valence-electron chi connectivity index (χ2n) is 19.7. The Labute approximate surface area is 470 Å². The van der Waals surface area contributed by atoms with Gasteiger partial charge in [0.05, 0.1) is 45.1 Å². The van der Waals surface area contributed by atoms with Gasteiger partial charge < -0.3 is 69.3 Å². The van der Waals surface area contributed by atoms with Crippen LogP contribution in [0, 0.1) is 25.7 Å². The van der Waals surface area contributed by atoms with E-state index in [1.807, 2.05) is 63.4 Å². The van der Waals surface area contributed by atoms with Gasteiger partial charge in [0.1, 0.15) is 12.1 Å². The molecule has 24 heteroatoms. The molecule has 4 aromatic rings. The van der Waals surface area contributed by atoms with E-state index in [9.17, 15) is 47.9 Å². The molecule has 4 atom stereocenters. The van der Waals surface area contributed by atoms with Gasteiger partial charge >= 0.3 is 0 Å². The van der Waals surface area contributed by atoms with E-state index in [1.54, 1.807) is 19.6 Å². The number of aryl methyl sites for hydroxylation is 2. The van der Waals surface area contributed by atoms with Crippen LogP contribution >= 0.6 is 0 Å². The molecule has 4 rings (SSSR count). The Morgan fingerprint density at radius 2 is 1.11 bits per heavy atom. The number of nitrogens with zero attached hydrogens (tertiary/aromatic N) is 1. The lowest BCUT2D eigenvalue weighted by Crippen LogP contribution is -2.54. The molecule has 0 aliphatic carbocycles. The van der Waals surface area contributed by atoms with Gasteiger partial charge in [-0.2, -0.15) is 0 Å². The van der Waals surface area contributed by atoms with Gasteiger partial charge in [0.25, 0.3) is 0 Å². The Morgan fingerprint density at radius 1 is 0.575 bits per heavy atom. The normalized spacial score (nSPS) is 11.7. The first-order valence-corrected chi connectivity index (χ1v) is 26.8. The van der Waals surface area contributed by atoms with Crippen molar-refractivity contribution >= 4 is 70.0 Å². The van der Waals surface area contributed by atoms with Crippen molar-refractivity contribution in [2.45, 2.75) is 138 Å². The van der Waals surface area contributed by atoms with Gasteiger partial charge in [-0.15, -0.1) is 0 Å². The highest BCUT2D eigenvalue weighted by Gasteiger charge is 2.26. The Balaban J connectivity index is 0.00000220. The number of amides is 10. The Bertz CT molecular complexity index is 2480. The van der Waals surface area contributed by atoms with Gasteiger partial charge in [-0.05, 0) is 82.5 Å². The van der Waals surface area contributed by atoms with Crippen LogP contribution in [0.3, 0.4) is 0 Å². The molecule has 2 aromatic heterocycles. The predicted molar refractivity (Wildman–Crippen MR) is 309 cm³/mol. The summed E-state index contributed by atoms with van der Waals surface area (Å²) in [6.07, 6.45) is 7.59. The highest BCUT2D eigenvalue weighted by molar-refractivity contribution is 5.95. The zero-order chi connectivity index (χ0) is 60.6. The first kappa shape index (κ1) is 71.8. The fraction of sp³-hybridized carbons (Fsp3) is 0.518. The molecular formula is C56H90N14O10. The second-order valence-corrected chi connectivity index (χ2v) is 19.7. The molecule has 0 spiro atoms. The lowest BCUT2D eigenvalue weighted by molar-refractivity contribution is -0.132. The van der Waals surface area contributed by atoms with Crippen LogP contribution in [0.4, 0.5) is 0 Å². The third-order valence-electron chi connectivity index (χ3n) is 10.5. The number of carbonyl (C=O) groups excluding carboxylic acids is 10. The lowest BCUT2D eigenvalue weighted by atomic mass is 9.99. The molecule has 444 valence electrons. The molecule has 15 N–H and O–H groups in total. The van der Waals surface area contributed by atoms with Crippen LogP contribution in [0.5, 0.6) is 0 Å². The monoisotopic (exact) mass is 1120 g/mol. The SMILES string of the molecule is CC(C)C.CCC.CNC(Cc1ccccc1)C(=O)NC(CCC(N)=O)C(=O)NCC(=O)NC(C)C(=O)NCC(=O)NCC(=O)NCC(=O)NC(CCC(=O)NCC(N)=O)CC(C)C.Cc1c[nH]c2ccccc12.Cc1cnc[nH]1. The lowest BCUT2D eigenvalue weighted by Gasteiger charge is -2.22. The molecule has 2 heterocycles. The van der Waals surface area contributed by atoms with Crippen molar-refractivity contribution in [3.05, 3.63) is 90.1 Å². The number of rotatable bonds is 27. The standard InChI is InChI=1S/C36H57N11O10.C9H9N.C4H6N2.C4H10.C3H8/c1-21(2)14-24(10-13-29(50)40-16-28(38)49)46-33(54)19-42-30(51)17-41-31(52)18-43-34(55)22(3)45-32(53)20-44-35(56)25(11-12-27(37)48)47-36(57)26(39-4)15-23-8-6-5-7-9-23;1-7-6-10-9-5-3-2-4-8(7)9;1-4-2-5-3-6-4;1-4(2)3;1-3-2/h5-9,21-22,24-26,39H,10-20H2,1-4H3,(H2,37,48)(H2,38,49)(H,40,50)(H,41,52)(H,42,51)(H,43,55)(H,44,56)(H,45,53)(H,46,54)(H,47,57);2-6,10H,1H3;2-3H,1H3,(H,5,6);4H,1-3H3;3H2,1-2H3. The number of imidazole rings is 1. The van der Waals surface area contributed by atoms with Crippen molar-refractivity contribution in [1.82, 2.24) is 62.8 Å². The quantitative estimate of drug-likeness (QED) is 0.0406. The zero-order valence-electron chi connectivity index (χ0n) is 48.6. The van der Waals surface area contributed by atoms with Crippen molar-refractivity contribution in [2.24, 2.45) is 23.3 Å². The summed E-state index contributed by atoms with van der Waals surface area (Å²) >= 11 is 0. The number of likely N-dealkylation sites (N-methyl/N-ethyl adjacent to an activating group) is 1. The molecule has 0 aliphatic rings. The Kier molecular flexibility index (Phi) is 37.6. The van der Waals surface area contributed by atoms with Crippen molar-refractivity contribution in [2.75, 3.05) is 39.8 Å². The van der Waals surface area contributed by atoms with E-state index in [1.165, 1.54) is 29.8 Å². The number of hydrogen-bond donors (Lipinski definition) is 13. The summed E-state index contributed by atoms with van der Waals surface area (Å²) in [4.78, 5) is 132. The van der Waals surface area contributed by atoms with Gasteiger partial charge in [0, 0.05) is 47.9 Å². The number of fused-ring (bicyclic) bond motifs is 1. The summed E-state index contributed by atoms with van der Waals surface area (Å²) < 4.78 is 0. The number of para-hydroxylation sites is 1. The predicted octanol–water partition coefficient (Wildman–Crippen LogP) is 1.72. The molecule has 0 radical (unpaired) electrons. The molecule has 0 aliphatic heterocycles. The van der Waals surface area contributed by atoms with Crippen molar-refractivity contribution in [3.8, 4) is 0 Å². The van der Waals surface area contributed by atoms with Crippen LogP contribution in [0.25, 0.3) is 10.9 Å². The first-order chi connectivity index (χ1) is 37.8. The number of benzene rings is 2. The molecule has 80 heavy (non-hydrogen) atoms. The maximum Gasteiger partial charge on any atom is 0.243 e. The summed E-state index contributed by atoms with van der Waals surface area (Å²) in [7, 11) is 1.58. The van der Waals surface area contributed by atoms with Crippen LogP contribution in [0.2, 0.25) is 0 Å². The third-order valence-corrected chi connectivity index (χ3v) is 10.5. The number of aromatic amines is 2. The van der Waals surface area contributed by atoms with E-state index in [-0.39, 0.29) is 44.2 Å². The summed E-state index contributed by atoms with van der Waals surface area (Å²) in [6, 6.07) is 14.1. The van der Waals surface area contributed by atoms with E-state index >= 15 is 0 Å². The summed E-state index contributed by atoms with van der Waals surface area (Å²) in [6.45, 7) is 17.7. The molecule has 0 saturated carbocycles. The van der Waals surface area contributed by atoms with Gasteiger partial charge in [-0.1, -0.05) is 103 Å². The maximum atomic E-state index is 13.0. The highest BCUT2D eigenvalue weighted by atomic mass is 16.2.